The van der Waals surface area contributed by atoms with Crippen LogP contribution in [0.25, 0.3) is 16.6 Å². The predicted molar refractivity (Wildman–Crippen MR) is 127 cm³/mol. The molecule has 1 amide bonds. The lowest BCUT2D eigenvalue weighted by Gasteiger charge is -2.22. The molecule has 0 saturated heterocycles. The smallest absolute Gasteiger partial charge is 0.337 e. The maximum absolute atomic E-state index is 14.0. The van der Waals surface area contributed by atoms with Crippen molar-refractivity contribution in [1.82, 2.24) is 9.78 Å². The van der Waals surface area contributed by atoms with Gasteiger partial charge in [-0.1, -0.05) is 66.7 Å². The molecule has 4 aromatic carbocycles. The monoisotopic (exact) mass is 433 g/mol. The molecule has 0 saturated carbocycles. The summed E-state index contributed by atoms with van der Waals surface area (Å²) in [5, 5.41) is 15.0. The van der Waals surface area contributed by atoms with Gasteiger partial charge in [-0.25, -0.2) is 9.48 Å². The highest BCUT2D eigenvalue weighted by molar-refractivity contribution is 6.16. The van der Waals surface area contributed by atoms with Crippen molar-refractivity contribution in [3.8, 4) is 5.69 Å². The summed E-state index contributed by atoms with van der Waals surface area (Å²) in [4.78, 5) is 27.4. The van der Waals surface area contributed by atoms with Crippen molar-refractivity contribution in [1.29, 1.82) is 0 Å². The van der Waals surface area contributed by atoms with E-state index in [-0.39, 0.29) is 17.2 Å². The number of aromatic carboxylic acids is 1. The molecule has 0 aliphatic heterocycles. The van der Waals surface area contributed by atoms with Gasteiger partial charge in [0.15, 0.2) is 5.69 Å². The van der Waals surface area contributed by atoms with E-state index >= 15 is 0 Å². The Balaban J connectivity index is 1.72. The van der Waals surface area contributed by atoms with Crippen molar-refractivity contribution in [3.05, 3.63) is 120 Å². The molecular weight excluding hydrogens is 414 g/mol. The quantitative estimate of drug-likeness (QED) is 0.386. The Morgan fingerprint density at radius 3 is 1.88 bits per heavy atom. The molecule has 33 heavy (non-hydrogen) atoms. The van der Waals surface area contributed by atoms with Crippen molar-refractivity contribution in [2.24, 2.45) is 0 Å². The number of aromatic nitrogens is 2. The van der Waals surface area contributed by atoms with Crippen LogP contribution in [0.3, 0.4) is 0 Å². The zero-order valence-corrected chi connectivity index (χ0v) is 17.5. The SMILES string of the molecule is O=C(O)c1ccccc1-n1nc(C(=O)N(c2ccccc2)c2ccccc2)c2ccccc21. The van der Waals surface area contributed by atoms with Gasteiger partial charge in [0, 0.05) is 16.8 Å². The van der Waals surface area contributed by atoms with Crippen molar-refractivity contribution in [2.45, 2.75) is 0 Å². The molecule has 160 valence electrons. The third-order valence-corrected chi connectivity index (χ3v) is 5.38. The molecule has 1 N–H and O–H groups in total. The van der Waals surface area contributed by atoms with Gasteiger partial charge in [0.05, 0.1) is 16.8 Å². The van der Waals surface area contributed by atoms with Crippen LogP contribution >= 0.6 is 0 Å². The zero-order valence-electron chi connectivity index (χ0n) is 17.5. The average Bonchev–Trinajstić information content (AvgIpc) is 3.25. The normalized spacial score (nSPS) is 10.8. The van der Waals surface area contributed by atoms with Crippen LogP contribution in [-0.2, 0) is 0 Å². The molecule has 0 bridgehead atoms. The van der Waals surface area contributed by atoms with Crippen LogP contribution in [-0.4, -0.2) is 26.8 Å². The van der Waals surface area contributed by atoms with Crippen LogP contribution in [0, 0.1) is 0 Å². The minimum Gasteiger partial charge on any atom is -0.478 e. The number of carboxylic acid groups (broad SMARTS) is 1. The van der Waals surface area contributed by atoms with Crippen LogP contribution in [0.15, 0.2) is 109 Å². The van der Waals surface area contributed by atoms with E-state index in [0.29, 0.717) is 28.0 Å². The number of nitrogens with zero attached hydrogens (tertiary/aromatic N) is 3. The first-order valence-electron chi connectivity index (χ1n) is 10.4. The van der Waals surface area contributed by atoms with E-state index in [0.717, 1.165) is 0 Å². The average molecular weight is 433 g/mol. The number of rotatable bonds is 5. The van der Waals surface area contributed by atoms with Gasteiger partial charge in [0.2, 0.25) is 0 Å². The highest BCUT2D eigenvalue weighted by Gasteiger charge is 2.26. The number of hydrogen-bond donors (Lipinski definition) is 1. The molecule has 0 unspecified atom stereocenters. The van der Waals surface area contributed by atoms with Crippen LogP contribution in [0.2, 0.25) is 0 Å². The molecule has 5 aromatic rings. The first-order chi connectivity index (χ1) is 16.1. The van der Waals surface area contributed by atoms with E-state index < -0.39 is 5.97 Å². The lowest BCUT2D eigenvalue weighted by Crippen LogP contribution is -2.26. The third-order valence-electron chi connectivity index (χ3n) is 5.38. The summed E-state index contributed by atoms with van der Waals surface area (Å²) in [5.74, 6) is -1.37. The molecular formula is C27H19N3O3. The fourth-order valence-electron chi connectivity index (χ4n) is 3.89. The Kier molecular flexibility index (Phi) is 5.16. The van der Waals surface area contributed by atoms with Gasteiger partial charge in [-0.05, 0) is 42.5 Å². The second-order valence-corrected chi connectivity index (χ2v) is 7.41. The molecule has 6 nitrogen and oxygen atoms in total. The molecule has 0 radical (unpaired) electrons. The van der Waals surface area contributed by atoms with Gasteiger partial charge in [0.1, 0.15) is 0 Å². The van der Waals surface area contributed by atoms with Crippen molar-refractivity contribution in [3.63, 3.8) is 0 Å². The number of para-hydroxylation sites is 4. The Hall–Kier alpha value is -4.71. The topological polar surface area (TPSA) is 75.4 Å². The van der Waals surface area contributed by atoms with Gasteiger partial charge in [0.25, 0.3) is 5.91 Å². The van der Waals surface area contributed by atoms with Gasteiger partial charge in [-0.2, -0.15) is 5.10 Å². The standard InChI is InChI=1S/C27H19N3O3/c31-26(29(19-11-3-1-4-12-19)20-13-5-2-6-14-20)25-21-15-7-9-17-23(21)30(28-25)24-18-10-8-16-22(24)27(32)33/h1-18H,(H,32,33). The Morgan fingerprint density at radius 1 is 0.697 bits per heavy atom. The van der Waals surface area contributed by atoms with E-state index in [4.69, 9.17) is 0 Å². The Bertz CT molecular complexity index is 1420. The van der Waals surface area contributed by atoms with E-state index in [1.165, 1.54) is 10.7 Å². The minimum absolute atomic E-state index is 0.104. The molecule has 1 heterocycles. The summed E-state index contributed by atoms with van der Waals surface area (Å²) >= 11 is 0. The number of carboxylic acids is 1. The summed E-state index contributed by atoms with van der Waals surface area (Å²) in [6, 6.07) is 32.7. The first-order valence-corrected chi connectivity index (χ1v) is 10.4. The number of amides is 1. The predicted octanol–water partition coefficient (Wildman–Crippen LogP) is 5.70. The fraction of sp³-hybridized carbons (Fsp3) is 0. The summed E-state index contributed by atoms with van der Waals surface area (Å²) in [6.07, 6.45) is 0. The molecule has 0 fully saturated rings. The lowest BCUT2D eigenvalue weighted by molar-refractivity contribution is 0.0696. The van der Waals surface area contributed by atoms with E-state index in [1.54, 1.807) is 23.1 Å². The highest BCUT2D eigenvalue weighted by Crippen LogP contribution is 2.30. The molecule has 6 heteroatoms. The Morgan fingerprint density at radius 2 is 1.24 bits per heavy atom. The number of anilines is 2. The number of fused-ring (bicyclic) bond motifs is 1. The summed E-state index contributed by atoms with van der Waals surface area (Å²) in [6.45, 7) is 0. The van der Waals surface area contributed by atoms with Crippen LogP contribution < -0.4 is 4.90 Å². The van der Waals surface area contributed by atoms with Gasteiger partial charge in [-0.3, -0.25) is 9.69 Å². The third kappa shape index (κ3) is 3.64. The molecule has 0 aliphatic rings. The Labute approximate surface area is 189 Å². The number of hydrogen-bond acceptors (Lipinski definition) is 3. The van der Waals surface area contributed by atoms with Crippen LogP contribution in [0.4, 0.5) is 11.4 Å². The van der Waals surface area contributed by atoms with Crippen molar-refractivity contribution in [2.75, 3.05) is 4.90 Å². The lowest BCUT2D eigenvalue weighted by atomic mass is 10.1. The van der Waals surface area contributed by atoms with E-state index in [1.807, 2.05) is 84.9 Å². The molecule has 0 spiro atoms. The summed E-state index contributed by atoms with van der Waals surface area (Å²) < 4.78 is 1.53. The van der Waals surface area contributed by atoms with Gasteiger partial charge < -0.3 is 5.11 Å². The van der Waals surface area contributed by atoms with Crippen molar-refractivity contribution < 1.29 is 14.7 Å². The first kappa shape index (κ1) is 20.2. The maximum atomic E-state index is 14.0. The number of carbonyl (C=O) groups is 2. The number of carbonyl (C=O) groups excluding carboxylic acids is 1. The highest BCUT2D eigenvalue weighted by atomic mass is 16.4. The number of benzene rings is 4. The summed E-state index contributed by atoms with van der Waals surface area (Å²) in [7, 11) is 0. The van der Waals surface area contributed by atoms with Gasteiger partial charge in [-0.15, -0.1) is 0 Å². The molecule has 0 aliphatic carbocycles. The molecule has 5 rings (SSSR count). The zero-order chi connectivity index (χ0) is 22.8. The van der Waals surface area contributed by atoms with Crippen molar-refractivity contribution >= 4 is 34.2 Å². The fourth-order valence-corrected chi connectivity index (χ4v) is 3.89. The molecule has 1 aromatic heterocycles. The van der Waals surface area contributed by atoms with E-state index in [9.17, 15) is 14.7 Å². The maximum Gasteiger partial charge on any atom is 0.337 e. The minimum atomic E-state index is -1.06. The second kappa shape index (κ2) is 8.43. The largest absolute Gasteiger partial charge is 0.478 e. The van der Waals surface area contributed by atoms with Crippen LogP contribution in [0.1, 0.15) is 20.8 Å². The van der Waals surface area contributed by atoms with Crippen LogP contribution in [0.5, 0.6) is 0 Å². The summed E-state index contributed by atoms with van der Waals surface area (Å²) in [5.41, 5.74) is 2.80. The second-order valence-electron chi connectivity index (χ2n) is 7.41. The molecule has 0 atom stereocenters. The van der Waals surface area contributed by atoms with E-state index in [2.05, 4.69) is 5.10 Å². The van der Waals surface area contributed by atoms with Gasteiger partial charge >= 0.3 is 5.97 Å².